The third kappa shape index (κ3) is 7.54. The van der Waals surface area contributed by atoms with Gasteiger partial charge in [-0.3, -0.25) is 0 Å². The Hall–Kier alpha value is -0.820. The predicted octanol–water partition coefficient (Wildman–Crippen LogP) is 3.03. The van der Waals surface area contributed by atoms with E-state index in [0.29, 0.717) is 6.61 Å². The first-order valence-corrected chi connectivity index (χ1v) is 4.99. The van der Waals surface area contributed by atoms with Crippen LogP contribution in [0.15, 0.2) is 30.3 Å². The van der Waals surface area contributed by atoms with E-state index in [4.69, 9.17) is 5.11 Å². The summed E-state index contributed by atoms with van der Waals surface area (Å²) < 4.78 is 0. The SMILES string of the molecule is CCCO.CCCc1ccccc1. The van der Waals surface area contributed by atoms with Crippen LogP contribution in [0.2, 0.25) is 0 Å². The van der Waals surface area contributed by atoms with E-state index in [1.807, 2.05) is 6.92 Å². The highest BCUT2D eigenvalue weighted by molar-refractivity contribution is 5.14. The highest BCUT2D eigenvalue weighted by Crippen LogP contribution is 2.00. The molecule has 0 aliphatic heterocycles. The van der Waals surface area contributed by atoms with Gasteiger partial charge in [-0.2, -0.15) is 0 Å². The second-order valence-corrected chi connectivity index (χ2v) is 2.96. The molecule has 1 heteroatoms. The van der Waals surface area contributed by atoms with Gasteiger partial charge in [0.1, 0.15) is 0 Å². The van der Waals surface area contributed by atoms with Crippen molar-refractivity contribution in [1.29, 1.82) is 0 Å². The van der Waals surface area contributed by atoms with Gasteiger partial charge in [0, 0.05) is 6.61 Å². The van der Waals surface area contributed by atoms with Crippen LogP contribution >= 0.6 is 0 Å². The molecule has 74 valence electrons. The van der Waals surface area contributed by atoms with Gasteiger partial charge in [-0.05, 0) is 18.4 Å². The fourth-order valence-electron chi connectivity index (χ4n) is 0.933. The number of rotatable bonds is 3. The number of aliphatic hydroxyl groups excluding tert-OH is 1. The number of hydrogen-bond acceptors (Lipinski definition) is 1. The van der Waals surface area contributed by atoms with Gasteiger partial charge in [-0.25, -0.2) is 0 Å². The molecule has 0 fully saturated rings. The van der Waals surface area contributed by atoms with Crippen LogP contribution < -0.4 is 0 Å². The van der Waals surface area contributed by atoms with E-state index >= 15 is 0 Å². The monoisotopic (exact) mass is 180 g/mol. The third-order valence-electron chi connectivity index (χ3n) is 1.61. The van der Waals surface area contributed by atoms with Crippen LogP contribution in [0.3, 0.4) is 0 Å². The summed E-state index contributed by atoms with van der Waals surface area (Å²) in [6.45, 7) is 4.45. The van der Waals surface area contributed by atoms with Crippen molar-refractivity contribution in [1.82, 2.24) is 0 Å². The van der Waals surface area contributed by atoms with Gasteiger partial charge in [-0.1, -0.05) is 50.6 Å². The summed E-state index contributed by atoms with van der Waals surface area (Å²) in [6.07, 6.45) is 3.32. The molecule has 1 N–H and O–H groups in total. The molecule has 0 aromatic heterocycles. The van der Waals surface area contributed by atoms with Crippen LogP contribution in [0.1, 0.15) is 32.3 Å². The van der Waals surface area contributed by atoms with E-state index in [1.54, 1.807) is 0 Å². The Balaban J connectivity index is 0.000000310. The molecule has 0 spiro atoms. The van der Waals surface area contributed by atoms with Crippen LogP contribution in [-0.4, -0.2) is 11.7 Å². The second-order valence-electron chi connectivity index (χ2n) is 2.96. The molecule has 0 heterocycles. The van der Waals surface area contributed by atoms with Crippen LogP contribution in [0, 0.1) is 0 Å². The van der Waals surface area contributed by atoms with Crippen molar-refractivity contribution in [2.75, 3.05) is 6.61 Å². The van der Waals surface area contributed by atoms with Gasteiger partial charge in [0.05, 0.1) is 0 Å². The molecular weight excluding hydrogens is 160 g/mol. The number of hydrogen-bond donors (Lipinski definition) is 1. The van der Waals surface area contributed by atoms with E-state index in [0.717, 1.165) is 6.42 Å². The summed E-state index contributed by atoms with van der Waals surface area (Å²) in [5.41, 5.74) is 1.44. The lowest BCUT2D eigenvalue weighted by atomic mass is 10.1. The third-order valence-corrected chi connectivity index (χ3v) is 1.61. The van der Waals surface area contributed by atoms with E-state index < -0.39 is 0 Å². The van der Waals surface area contributed by atoms with Crippen LogP contribution in [0.4, 0.5) is 0 Å². The molecule has 13 heavy (non-hydrogen) atoms. The summed E-state index contributed by atoms with van der Waals surface area (Å²) in [5, 5.41) is 7.88. The normalized spacial score (nSPS) is 8.85. The lowest BCUT2D eigenvalue weighted by molar-refractivity contribution is 0.295. The topological polar surface area (TPSA) is 20.2 Å². The Kier molecular flexibility index (Phi) is 8.68. The molecule has 0 bridgehead atoms. The smallest absolute Gasteiger partial charge is 0.0428 e. The van der Waals surface area contributed by atoms with Crippen molar-refractivity contribution in [3.63, 3.8) is 0 Å². The highest BCUT2D eigenvalue weighted by atomic mass is 16.2. The van der Waals surface area contributed by atoms with Crippen LogP contribution in [0.25, 0.3) is 0 Å². The van der Waals surface area contributed by atoms with Gasteiger partial charge < -0.3 is 5.11 Å². The Morgan fingerprint density at radius 2 is 1.54 bits per heavy atom. The van der Waals surface area contributed by atoms with E-state index in [2.05, 4.69) is 37.3 Å². The Morgan fingerprint density at radius 3 is 1.92 bits per heavy atom. The van der Waals surface area contributed by atoms with Crippen molar-refractivity contribution in [2.45, 2.75) is 33.1 Å². The Labute approximate surface area is 81.4 Å². The maximum atomic E-state index is 7.88. The number of aryl methyl sites for hydroxylation is 1. The standard InChI is InChI=1S/C9H12.C3H8O/c1-2-6-9-7-4-3-5-8-9;1-2-3-4/h3-5,7-8H,2,6H2,1H3;4H,2-3H2,1H3. The zero-order chi connectivity index (χ0) is 9.94. The molecule has 1 aromatic rings. The second kappa shape index (κ2) is 9.27. The van der Waals surface area contributed by atoms with Crippen molar-refractivity contribution in [3.05, 3.63) is 35.9 Å². The molecule has 0 atom stereocenters. The molecule has 1 rings (SSSR count). The maximum absolute atomic E-state index is 7.88. The molecule has 0 aliphatic carbocycles. The molecule has 0 radical (unpaired) electrons. The zero-order valence-electron chi connectivity index (χ0n) is 8.66. The fourth-order valence-corrected chi connectivity index (χ4v) is 0.933. The van der Waals surface area contributed by atoms with Crippen molar-refractivity contribution in [2.24, 2.45) is 0 Å². The highest BCUT2D eigenvalue weighted by Gasteiger charge is 1.84. The minimum absolute atomic E-state index is 0.319. The van der Waals surface area contributed by atoms with E-state index in [1.165, 1.54) is 18.4 Å². The van der Waals surface area contributed by atoms with Crippen LogP contribution in [0.5, 0.6) is 0 Å². The van der Waals surface area contributed by atoms with Gasteiger partial charge in [0.2, 0.25) is 0 Å². The number of benzene rings is 1. The molecule has 0 aliphatic rings. The minimum Gasteiger partial charge on any atom is -0.396 e. The Bertz CT molecular complexity index is 180. The largest absolute Gasteiger partial charge is 0.396 e. The van der Waals surface area contributed by atoms with Gasteiger partial charge in [-0.15, -0.1) is 0 Å². The first-order valence-electron chi connectivity index (χ1n) is 4.99. The first kappa shape index (κ1) is 12.2. The molecule has 0 unspecified atom stereocenters. The van der Waals surface area contributed by atoms with E-state index in [-0.39, 0.29) is 0 Å². The van der Waals surface area contributed by atoms with E-state index in [9.17, 15) is 0 Å². The van der Waals surface area contributed by atoms with Crippen molar-refractivity contribution >= 4 is 0 Å². The molecule has 0 amide bonds. The lowest BCUT2D eigenvalue weighted by Crippen LogP contribution is -1.78. The minimum atomic E-state index is 0.319. The van der Waals surface area contributed by atoms with Gasteiger partial charge >= 0.3 is 0 Å². The predicted molar refractivity (Wildman–Crippen MR) is 57.8 cm³/mol. The summed E-state index contributed by atoms with van der Waals surface area (Å²) in [7, 11) is 0. The number of aliphatic hydroxyl groups is 1. The van der Waals surface area contributed by atoms with Crippen molar-refractivity contribution in [3.8, 4) is 0 Å². The van der Waals surface area contributed by atoms with Gasteiger partial charge in [0.15, 0.2) is 0 Å². The summed E-state index contributed by atoms with van der Waals surface area (Å²) in [6, 6.07) is 10.6. The summed E-state index contributed by atoms with van der Waals surface area (Å²) in [5.74, 6) is 0. The lowest BCUT2D eigenvalue weighted by Gasteiger charge is -1.93. The molecule has 1 aromatic carbocycles. The molecule has 1 nitrogen and oxygen atoms in total. The van der Waals surface area contributed by atoms with Gasteiger partial charge in [0.25, 0.3) is 0 Å². The maximum Gasteiger partial charge on any atom is 0.0428 e. The fraction of sp³-hybridized carbons (Fsp3) is 0.500. The summed E-state index contributed by atoms with van der Waals surface area (Å²) in [4.78, 5) is 0. The average Bonchev–Trinajstić information content (AvgIpc) is 2.20. The Morgan fingerprint density at radius 1 is 1.00 bits per heavy atom. The molecule has 0 saturated carbocycles. The summed E-state index contributed by atoms with van der Waals surface area (Å²) >= 11 is 0. The van der Waals surface area contributed by atoms with Crippen LogP contribution in [-0.2, 0) is 6.42 Å². The molecule has 0 saturated heterocycles. The average molecular weight is 180 g/mol. The molecular formula is C12H20O. The first-order chi connectivity index (χ1) is 6.35. The zero-order valence-corrected chi connectivity index (χ0v) is 8.66. The van der Waals surface area contributed by atoms with Crippen molar-refractivity contribution < 1.29 is 5.11 Å². The quantitative estimate of drug-likeness (QED) is 0.758.